The number of benzene rings is 1. The highest BCUT2D eigenvalue weighted by Crippen LogP contribution is 2.24. The Labute approximate surface area is 151 Å². The number of hydrogen-bond donors (Lipinski definition) is 1. The lowest BCUT2D eigenvalue weighted by Gasteiger charge is -2.41. The van der Waals surface area contributed by atoms with E-state index in [1.165, 1.54) is 0 Å². The average Bonchev–Trinajstić information content (AvgIpc) is 2.59. The van der Waals surface area contributed by atoms with Gasteiger partial charge < -0.3 is 15.1 Å². The number of rotatable bonds is 3. The van der Waals surface area contributed by atoms with Gasteiger partial charge >= 0.3 is 0 Å². The first-order valence-electron chi connectivity index (χ1n) is 8.26. The Balaban J connectivity index is 1.62. The van der Waals surface area contributed by atoms with E-state index >= 15 is 0 Å². The van der Waals surface area contributed by atoms with Gasteiger partial charge in [0.1, 0.15) is 0 Å². The van der Waals surface area contributed by atoms with E-state index in [4.69, 9.17) is 23.2 Å². The van der Waals surface area contributed by atoms with Crippen molar-refractivity contribution in [3.8, 4) is 0 Å². The second kappa shape index (κ2) is 7.72. The maximum absolute atomic E-state index is 12.6. The summed E-state index contributed by atoms with van der Waals surface area (Å²) in [4.78, 5) is 28.5. The topological polar surface area (TPSA) is 52.7 Å². The van der Waals surface area contributed by atoms with Gasteiger partial charge in [-0.3, -0.25) is 9.59 Å². The lowest BCUT2D eigenvalue weighted by molar-refractivity contribution is -0.140. The normalized spacial score (nSPS) is 21.9. The quantitative estimate of drug-likeness (QED) is 0.885. The van der Waals surface area contributed by atoms with Gasteiger partial charge in [0.05, 0.1) is 23.0 Å². The molecule has 1 aromatic carbocycles. The van der Waals surface area contributed by atoms with E-state index in [1.807, 2.05) is 15.9 Å². The Morgan fingerprint density at radius 3 is 2.83 bits per heavy atom. The molecule has 1 unspecified atom stereocenters. The molecule has 0 radical (unpaired) electrons. The summed E-state index contributed by atoms with van der Waals surface area (Å²) in [5.74, 6) is 0.200. The highest BCUT2D eigenvalue weighted by atomic mass is 35.5. The van der Waals surface area contributed by atoms with Crippen molar-refractivity contribution in [2.75, 3.05) is 32.7 Å². The van der Waals surface area contributed by atoms with Crippen LogP contribution in [0.2, 0.25) is 10.0 Å². The average molecular weight is 370 g/mol. The Hall–Kier alpha value is -1.30. The van der Waals surface area contributed by atoms with Crippen molar-refractivity contribution >= 4 is 35.0 Å². The molecule has 24 heavy (non-hydrogen) atoms. The number of hydrogen-bond acceptors (Lipinski definition) is 3. The zero-order valence-electron chi connectivity index (χ0n) is 13.4. The summed E-state index contributed by atoms with van der Waals surface area (Å²) in [6, 6.07) is 5.41. The molecule has 0 aliphatic carbocycles. The predicted octanol–water partition coefficient (Wildman–Crippen LogP) is 1.96. The largest absolute Gasteiger partial charge is 0.340 e. The monoisotopic (exact) mass is 369 g/mol. The molecule has 0 saturated carbocycles. The van der Waals surface area contributed by atoms with Gasteiger partial charge in [0, 0.05) is 32.2 Å². The van der Waals surface area contributed by atoms with Gasteiger partial charge in [-0.05, 0) is 30.5 Å². The third-order valence-corrected chi connectivity index (χ3v) is 5.39. The number of piperidine rings is 1. The first-order valence-corrected chi connectivity index (χ1v) is 9.02. The molecule has 0 bridgehead atoms. The van der Waals surface area contributed by atoms with Crippen LogP contribution in [0.15, 0.2) is 18.2 Å². The van der Waals surface area contributed by atoms with Gasteiger partial charge in [-0.25, -0.2) is 0 Å². The van der Waals surface area contributed by atoms with Crippen LogP contribution in [-0.4, -0.2) is 60.4 Å². The first-order chi connectivity index (χ1) is 11.5. The molecule has 0 spiro atoms. The molecule has 5 nitrogen and oxygen atoms in total. The van der Waals surface area contributed by atoms with E-state index in [0.29, 0.717) is 29.6 Å². The second-order valence-corrected chi connectivity index (χ2v) is 7.14. The molecule has 7 heteroatoms. The Morgan fingerprint density at radius 1 is 1.25 bits per heavy atom. The van der Waals surface area contributed by atoms with Crippen LogP contribution in [0.3, 0.4) is 0 Å². The first kappa shape index (κ1) is 17.5. The predicted molar refractivity (Wildman–Crippen MR) is 94.4 cm³/mol. The van der Waals surface area contributed by atoms with Gasteiger partial charge in [0.2, 0.25) is 11.8 Å². The minimum absolute atomic E-state index is 0.0701. The summed E-state index contributed by atoms with van der Waals surface area (Å²) in [5.41, 5.74) is 0.856. The lowest BCUT2D eigenvalue weighted by atomic mass is 10.0. The zero-order chi connectivity index (χ0) is 17.1. The molecule has 3 rings (SSSR count). The van der Waals surface area contributed by atoms with E-state index in [2.05, 4.69) is 5.32 Å². The van der Waals surface area contributed by atoms with E-state index in [1.54, 1.807) is 12.1 Å². The standard InChI is InChI=1S/C17H21Cl2N3O2/c18-14-4-3-12(8-15(14)19)9-16(23)21-6-1-2-13(11-21)22-7-5-20-10-17(22)24/h3-4,8,13,20H,1-2,5-7,9-11H2. The molecule has 1 N–H and O–H groups in total. The fourth-order valence-corrected chi connectivity index (χ4v) is 3.70. The van der Waals surface area contributed by atoms with Crippen LogP contribution in [0, 0.1) is 0 Å². The van der Waals surface area contributed by atoms with Crippen molar-refractivity contribution in [2.45, 2.75) is 25.3 Å². The molecule has 2 aliphatic heterocycles. The van der Waals surface area contributed by atoms with Crippen LogP contribution in [0.1, 0.15) is 18.4 Å². The number of amides is 2. The van der Waals surface area contributed by atoms with E-state index in [9.17, 15) is 9.59 Å². The van der Waals surface area contributed by atoms with Crippen LogP contribution in [-0.2, 0) is 16.0 Å². The van der Waals surface area contributed by atoms with Gasteiger partial charge in [-0.1, -0.05) is 29.3 Å². The van der Waals surface area contributed by atoms with Crippen LogP contribution in [0.5, 0.6) is 0 Å². The van der Waals surface area contributed by atoms with Crippen molar-refractivity contribution in [2.24, 2.45) is 0 Å². The molecule has 0 aromatic heterocycles. The van der Waals surface area contributed by atoms with E-state index < -0.39 is 0 Å². The SMILES string of the molecule is O=C(Cc1ccc(Cl)c(Cl)c1)N1CCCC(N2CCNCC2=O)C1. The third-order valence-electron chi connectivity index (χ3n) is 4.66. The summed E-state index contributed by atoms with van der Waals surface area (Å²) in [5, 5.41) is 4.04. The molecule has 130 valence electrons. The van der Waals surface area contributed by atoms with E-state index in [-0.39, 0.29) is 17.9 Å². The van der Waals surface area contributed by atoms with Crippen LogP contribution in [0.4, 0.5) is 0 Å². The summed E-state index contributed by atoms with van der Waals surface area (Å²) >= 11 is 11.9. The van der Waals surface area contributed by atoms with Crippen LogP contribution >= 0.6 is 23.2 Å². The van der Waals surface area contributed by atoms with E-state index in [0.717, 1.165) is 38.0 Å². The minimum Gasteiger partial charge on any atom is -0.340 e. The molecule has 2 heterocycles. The zero-order valence-corrected chi connectivity index (χ0v) is 14.9. The van der Waals surface area contributed by atoms with Crippen molar-refractivity contribution in [1.29, 1.82) is 0 Å². The molecular formula is C17H21Cl2N3O2. The smallest absolute Gasteiger partial charge is 0.236 e. The highest BCUT2D eigenvalue weighted by Gasteiger charge is 2.31. The number of halogens is 2. The minimum atomic E-state index is 0.0701. The van der Waals surface area contributed by atoms with Crippen LogP contribution in [0.25, 0.3) is 0 Å². The molecule has 2 amide bonds. The van der Waals surface area contributed by atoms with Crippen molar-refractivity contribution in [1.82, 2.24) is 15.1 Å². The lowest BCUT2D eigenvalue weighted by Crippen LogP contribution is -2.57. The molecule has 1 atom stereocenters. The number of carbonyl (C=O) groups is 2. The van der Waals surface area contributed by atoms with Gasteiger partial charge in [0.15, 0.2) is 0 Å². The Kier molecular flexibility index (Phi) is 5.64. The number of carbonyl (C=O) groups excluding carboxylic acids is 2. The number of piperazine rings is 1. The summed E-state index contributed by atoms with van der Waals surface area (Å²) in [6.07, 6.45) is 2.19. The molecule has 1 aromatic rings. The van der Waals surface area contributed by atoms with Crippen LogP contribution < -0.4 is 5.32 Å². The molecule has 2 fully saturated rings. The van der Waals surface area contributed by atoms with Gasteiger partial charge in [-0.2, -0.15) is 0 Å². The van der Waals surface area contributed by atoms with Crippen molar-refractivity contribution in [3.05, 3.63) is 33.8 Å². The second-order valence-electron chi connectivity index (χ2n) is 6.32. The van der Waals surface area contributed by atoms with Crippen molar-refractivity contribution < 1.29 is 9.59 Å². The number of nitrogens with one attached hydrogen (secondary N) is 1. The fraction of sp³-hybridized carbons (Fsp3) is 0.529. The molecular weight excluding hydrogens is 349 g/mol. The third kappa shape index (κ3) is 4.02. The van der Waals surface area contributed by atoms with Crippen molar-refractivity contribution in [3.63, 3.8) is 0 Å². The molecule has 2 aliphatic rings. The number of likely N-dealkylation sites (tertiary alicyclic amines) is 1. The fourth-order valence-electron chi connectivity index (χ4n) is 3.38. The summed E-state index contributed by atoms with van der Waals surface area (Å²) < 4.78 is 0. The highest BCUT2D eigenvalue weighted by molar-refractivity contribution is 6.42. The summed E-state index contributed by atoms with van der Waals surface area (Å²) in [7, 11) is 0. The maximum atomic E-state index is 12.6. The van der Waals surface area contributed by atoms with Gasteiger partial charge in [0.25, 0.3) is 0 Å². The molecule has 2 saturated heterocycles. The van der Waals surface area contributed by atoms with Gasteiger partial charge in [-0.15, -0.1) is 0 Å². The maximum Gasteiger partial charge on any atom is 0.236 e. The Morgan fingerprint density at radius 2 is 2.08 bits per heavy atom. The number of nitrogens with zero attached hydrogens (tertiary/aromatic N) is 2. The Bertz CT molecular complexity index is 638. The summed E-state index contributed by atoms with van der Waals surface area (Å²) in [6.45, 7) is 3.30.